The Morgan fingerprint density at radius 2 is 0.808 bits per heavy atom. The van der Waals surface area contributed by atoms with Gasteiger partial charge in [-0.2, -0.15) is 0 Å². The average Bonchev–Trinajstić information content (AvgIpc) is 3.22. The molecule has 0 aromatic carbocycles. The molecule has 2 aliphatic heterocycles. The van der Waals surface area contributed by atoms with Gasteiger partial charge in [0, 0.05) is 23.7 Å². The molecule has 4 fully saturated rings. The second-order valence-electron chi connectivity index (χ2n) is 11.7. The van der Waals surface area contributed by atoms with Gasteiger partial charge in [0.25, 0.3) is 0 Å². The Morgan fingerprint density at radius 1 is 0.538 bits per heavy atom. The number of hydrogen-bond acceptors (Lipinski definition) is 0. The van der Waals surface area contributed by atoms with E-state index in [1.807, 2.05) is 0 Å². The van der Waals surface area contributed by atoms with Crippen LogP contribution in [0.4, 0.5) is 0 Å². The zero-order valence-electron chi connectivity index (χ0n) is 16.9. The van der Waals surface area contributed by atoms with Gasteiger partial charge in [0.1, 0.15) is 13.1 Å². The van der Waals surface area contributed by atoms with Crippen molar-refractivity contribution in [2.45, 2.75) is 25.7 Å². The van der Waals surface area contributed by atoms with Gasteiger partial charge in [-0.15, -0.1) is 0 Å². The molecule has 0 aromatic rings. The third kappa shape index (κ3) is 2.37. The summed E-state index contributed by atoms with van der Waals surface area (Å²) in [6.45, 7) is 8.72. The molecular formula is C24H38N2+2. The number of allylic oxidation sites excluding steroid dienone is 4. The molecular weight excluding hydrogens is 316 g/mol. The van der Waals surface area contributed by atoms with Crippen LogP contribution in [0.2, 0.25) is 0 Å². The van der Waals surface area contributed by atoms with E-state index in [9.17, 15) is 0 Å². The molecule has 8 rings (SSSR count). The largest absolute Gasteiger partial charge is 0.321 e. The molecule has 8 atom stereocenters. The highest BCUT2D eigenvalue weighted by atomic mass is 15.4. The van der Waals surface area contributed by atoms with Crippen LogP contribution in [0.5, 0.6) is 0 Å². The van der Waals surface area contributed by atoms with Crippen LogP contribution in [0.15, 0.2) is 24.3 Å². The molecule has 8 aliphatic rings. The molecule has 0 N–H and O–H groups in total. The molecule has 8 unspecified atom stereocenters. The fourth-order valence-corrected chi connectivity index (χ4v) is 8.54. The molecule has 2 saturated carbocycles. The summed E-state index contributed by atoms with van der Waals surface area (Å²) in [5.74, 6) is 7.73. The fraction of sp³-hybridized carbons (Fsp3) is 0.833. The first kappa shape index (κ1) is 16.4. The molecule has 6 aliphatic carbocycles. The van der Waals surface area contributed by atoms with E-state index in [1.165, 1.54) is 73.9 Å². The molecule has 26 heavy (non-hydrogen) atoms. The standard InChI is InChI=1S/C24H38N2/c1-25(13-21-17-3-4-18(6-5-17)22(21)14-25)11-12-26(2)15-23-19-7-8-20(10-9-19)24(23)16-26/h3-4,7-8,17-24H,5-6,9-16H2,1-2H3/q+2. The van der Waals surface area contributed by atoms with E-state index in [4.69, 9.17) is 0 Å². The Hall–Kier alpha value is -0.600. The topological polar surface area (TPSA) is 0 Å². The highest BCUT2D eigenvalue weighted by molar-refractivity contribution is 5.12. The number of hydrogen-bond donors (Lipinski definition) is 0. The zero-order valence-corrected chi connectivity index (χ0v) is 16.9. The molecule has 2 heteroatoms. The van der Waals surface area contributed by atoms with E-state index in [0.29, 0.717) is 0 Å². The predicted molar refractivity (Wildman–Crippen MR) is 106 cm³/mol. The van der Waals surface area contributed by atoms with Gasteiger partial charge >= 0.3 is 0 Å². The second kappa shape index (κ2) is 5.47. The Kier molecular flexibility index (Phi) is 3.45. The summed E-state index contributed by atoms with van der Waals surface area (Å²) in [6, 6.07) is 0. The van der Waals surface area contributed by atoms with E-state index >= 15 is 0 Å². The minimum absolute atomic E-state index is 0.922. The first-order valence-corrected chi connectivity index (χ1v) is 11.6. The Labute approximate surface area is 160 Å². The van der Waals surface area contributed by atoms with E-state index in [0.717, 1.165) is 47.3 Å². The van der Waals surface area contributed by atoms with E-state index in [2.05, 4.69) is 38.4 Å². The smallest absolute Gasteiger partial charge is 0.128 e. The number of likely N-dealkylation sites (N-methyl/N-ethyl adjacent to an activating group) is 2. The number of likely N-dealkylation sites (tertiary alicyclic amines) is 2. The van der Waals surface area contributed by atoms with Crippen LogP contribution in [0.25, 0.3) is 0 Å². The number of nitrogens with zero attached hydrogens (tertiary/aromatic N) is 2. The molecule has 0 spiro atoms. The van der Waals surface area contributed by atoms with Crippen molar-refractivity contribution in [3.05, 3.63) is 24.3 Å². The van der Waals surface area contributed by atoms with Crippen molar-refractivity contribution in [1.29, 1.82) is 0 Å². The minimum Gasteiger partial charge on any atom is -0.321 e. The lowest BCUT2D eigenvalue weighted by Crippen LogP contribution is -2.53. The Morgan fingerprint density at radius 3 is 1.04 bits per heavy atom. The Bertz CT molecular complexity index is 549. The monoisotopic (exact) mass is 354 g/mol. The highest BCUT2D eigenvalue weighted by Gasteiger charge is 2.55. The van der Waals surface area contributed by atoms with Gasteiger partial charge in [-0.3, -0.25) is 0 Å². The molecule has 2 saturated heterocycles. The van der Waals surface area contributed by atoms with Crippen molar-refractivity contribution in [2.24, 2.45) is 47.3 Å². The quantitative estimate of drug-likeness (QED) is 0.537. The summed E-state index contributed by atoms with van der Waals surface area (Å²) in [5, 5.41) is 0. The van der Waals surface area contributed by atoms with Gasteiger partial charge in [-0.25, -0.2) is 0 Å². The number of quaternary nitrogens is 2. The lowest BCUT2D eigenvalue weighted by atomic mass is 9.64. The third-order valence-corrected chi connectivity index (χ3v) is 9.96. The number of fused-ring (bicyclic) bond motifs is 2. The zero-order chi connectivity index (χ0) is 17.5. The van der Waals surface area contributed by atoms with Gasteiger partial charge in [0.15, 0.2) is 0 Å². The van der Waals surface area contributed by atoms with Crippen molar-refractivity contribution in [3.63, 3.8) is 0 Å². The summed E-state index contributed by atoms with van der Waals surface area (Å²) in [4.78, 5) is 0. The lowest BCUT2D eigenvalue weighted by molar-refractivity contribution is -0.955. The lowest BCUT2D eigenvalue weighted by Gasteiger charge is -2.38. The summed E-state index contributed by atoms with van der Waals surface area (Å²) in [7, 11) is 5.19. The fourth-order valence-electron chi connectivity index (χ4n) is 8.54. The van der Waals surface area contributed by atoms with Crippen molar-refractivity contribution in [3.8, 4) is 0 Å². The van der Waals surface area contributed by atoms with Crippen LogP contribution >= 0.6 is 0 Å². The van der Waals surface area contributed by atoms with E-state index < -0.39 is 0 Å². The van der Waals surface area contributed by atoms with Crippen molar-refractivity contribution >= 4 is 0 Å². The Balaban J connectivity index is 1.13. The van der Waals surface area contributed by atoms with Crippen LogP contribution in [0.1, 0.15) is 25.7 Å². The second-order valence-corrected chi connectivity index (χ2v) is 11.7. The van der Waals surface area contributed by atoms with Gasteiger partial charge in [0.05, 0.1) is 40.3 Å². The maximum atomic E-state index is 2.60. The van der Waals surface area contributed by atoms with Crippen LogP contribution in [-0.2, 0) is 0 Å². The molecule has 142 valence electrons. The maximum absolute atomic E-state index is 2.60. The van der Waals surface area contributed by atoms with E-state index in [1.54, 1.807) is 0 Å². The van der Waals surface area contributed by atoms with E-state index in [-0.39, 0.29) is 0 Å². The summed E-state index contributed by atoms with van der Waals surface area (Å²) in [5.41, 5.74) is 0. The van der Waals surface area contributed by atoms with Crippen molar-refractivity contribution in [1.82, 2.24) is 0 Å². The molecule has 0 radical (unpaired) electrons. The van der Waals surface area contributed by atoms with Crippen molar-refractivity contribution < 1.29 is 8.97 Å². The van der Waals surface area contributed by atoms with Crippen molar-refractivity contribution in [2.75, 3.05) is 53.4 Å². The summed E-state index contributed by atoms with van der Waals surface area (Å²) in [6.07, 6.45) is 16.3. The molecule has 2 heterocycles. The van der Waals surface area contributed by atoms with Gasteiger partial charge in [0.2, 0.25) is 0 Å². The summed E-state index contributed by atoms with van der Waals surface area (Å²) >= 11 is 0. The van der Waals surface area contributed by atoms with Crippen LogP contribution in [0.3, 0.4) is 0 Å². The van der Waals surface area contributed by atoms with Gasteiger partial charge < -0.3 is 8.97 Å². The SMILES string of the molecule is C[N+]1(CC[N+]2(C)CC3C4C=CC(CC4)C3C2)CC2C3C=CC(CC3)C2C1. The molecule has 2 nitrogen and oxygen atoms in total. The van der Waals surface area contributed by atoms with Gasteiger partial charge in [-0.1, -0.05) is 24.3 Å². The first-order chi connectivity index (χ1) is 12.5. The minimum atomic E-state index is 0.922. The maximum Gasteiger partial charge on any atom is 0.128 e. The molecule has 0 amide bonds. The molecule has 0 aromatic heterocycles. The predicted octanol–water partition coefficient (Wildman–Crippen LogP) is 3.56. The normalized spacial score (nSPS) is 59.0. The third-order valence-electron chi connectivity index (χ3n) is 9.96. The van der Waals surface area contributed by atoms with Gasteiger partial charge in [-0.05, 0) is 49.4 Å². The summed E-state index contributed by atoms with van der Waals surface area (Å²) < 4.78 is 2.75. The van der Waals surface area contributed by atoms with Crippen LogP contribution < -0.4 is 0 Å². The van der Waals surface area contributed by atoms with Crippen LogP contribution in [-0.4, -0.2) is 62.3 Å². The highest BCUT2D eigenvalue weighted by Crippen LogP contribution is 2.51. The van der Waals surface area contributed by atoms with Crippen LogP contribution in [0, 0.1) is 47.3 Å². The number of rotatable bonds is 3. The first-order valence-electron chi connectivity index (χ1n) is 11.6. The molecule has 4 bridgehead atoms. The average molecular weight is 355 g/mol.